The third kappa shape index (κ3) is 4.06. The van der Waals surface area contributed by atoms with Crippen molar-refractivity contribution in [2.45, 2.75) is 13.8 Å². The van der Waals surface area contributed by atoms with Crippen LogP contribution in [0.1, 0.15) is 20.8 Å². The Hall–Kier alpha value is -2.34. The molecule has 0 atom stereocenters. The molecule has 0 aliphatic rings. The van der Waals surface area contributed by atoms with E-state index in [0.29, 0.717) is 10.8 Å². The molecule has 2 N–H and O–H groups in total. The van der Waals surface area contributed by atoms with E-state index in [1.807, 2.05) is 25.1 Å². The Morgan fingerprint density at radius 2 is 2.05 bits per heavy atom. The van der Waals surface area contributed by atoms with Gasteiger partial charge in [0.05, 0.1) is 5.56 Å². The number of nitrogens with one attached hydrogen (secondary N) is 1. The van der Waals surface area contributed by atoms with E-state index >= 15 is 0 Å². The lowest BCUT2D eigenvalue weighted by atomic mass is 10.2. The molecule has 110 valence electrons. The van der Waals surface area contributed by atoms with E-state index in [4.69, 9.17) is 9.84 Å². The van der Waals surface area contributed by atoms with Crippen molar-refractivity contribution in [3.05, 3.63) is 46.3 Å². The van der Waals surface area contributed by atoms with Crippen molar-refractivity contribution >= 4 is 28.2 Å². The van der Waals surface area contributed by atoms with Crippen molar-refractivity contribution in [2.24, 2.45) is 0 Å². The second-order valence-corrected chi connectivity index (χ2v) is 5.81. The number of carbonyl (C=O) groups excluding carboxylic acids is 1. The number of hydrogen-bond acceptors (Lipinski definition) is 4. The maximum absolute atomic E-state index is 11.8. The molecule has 0 fully saturated rings. The summed E-state index contributed by atoms with van der Waals surface area (Å²) >= 11 is 1.23. The molecule has 1 aromatic carbocycles. The van der Waals surface area contributed by atoms with Crippen LogP contribution in [0.2, 0.25) is 0 Å². The number of rotatable bonds is 5. The smallest absolute Gasteiger partial charge is 0.338 e. The van der Waals surface area contributed by atoms with Gasteiger partial charge in [-0.3, -0.25) is 4.79 Å². The number of aromatic carboxylic acids is 1. The summed E-state index contributed by atoms with van der Waals surface area (Å²) in [7, 11) is 0. The van der Waals surface area contributed by atoms with E-state index in [9.17, 15) is 9.59 Å². The first kappa shape index (κ1) is 15.1. The number of aryl methyl sites for hydroxylation is 2. The summed E-state index contributed by atoms with van der Waals surface area (Å²) in [5.74, 6) is -0.846. The zero-order valence-corrected chi connectivity index (χ0v) is 12.5. The second-order valence-electron chi connectivity index (χ2n) is 4.56. The molecule has 6 heteroatoms. The molecule has 2 aromatic rings. The van der Waals surface area contributed by atoms with Crippen LogP contribution in [-0.2, 0) is 4.79 Å². The Morgan fingerprint density at radius 3 is 2.71 bits per heavy atom. The standard InChI is InChI=1S/C15H15NO4S/c1-9-4-3-5-11(6-9)20-8-13(17)16-14-12(15(18)19)7-10(2)21-14/h3-7H,8H2,1-2H3,(H,16,17)(H,18,19). The SMILES string of the molecule is Cc1cccc(OCC(=O)Nc2sc(C)cc2C(=O)O)c1. The van der Waals surface area contributed by atoms with Gasteiger partial charge >= 0.3 is 5.97 Å². The summed E-state index contributed by atoms with van der Waals surface area (Å²) in [6, 6.07) is 8.89. The Morgan fingerprint density at radius 1 is 1.29 bits per heavy atom. The summed E-state index contributed by atoms with van der Waals surface area (Å²) in [5.41, 5.74) is 1.14. The maximum Gasteiger partial charge on any atom is 0.338 e. The highest BCUT2D eigenvalue weighted by molar-refractivity contribution is 7.16. The highest BCUT2D eigenvalue weighted by Gasteiger charge is 2.16. The van der Waals surface area contributed by atoms with Crippen molar-refractivity contribution in [2.75, 3.05) is 11.9 Å². The minimum Gasteiger partial charge on any atom is -0.484 e. The maximum atomic E-state index is 11.8. The van der Waals surface area contributed by atoms with Gasteiger partial charge < -0.3 is 15.2 Å². The highest BCUT2D eigenvalue weighted by atomic mass is 32.1. The van der Waals surface area contributed by atoms with Crippen LogP contribution < -0.4 is 10.1 Å². The van der Waals surface area contributed by atoms with Crippen LogP contribution in [0.3, 0.4) is 0 Å². The van der Waals surface area contributed by atoms with E-state index < -0.39 is 5.97 Å². The molecule has 5 nitrogen and oxygen atoms in total. The van der Waals surface area contributed by atoms with Crippen molar-refractivity contribution in [3.8, 4) is 5.75 Å². The second kappa shape index (κ2) is 6.41. The zero-order chi connectivity index (χ0) is 15.4. The lowest BCUT2D eigenvalue weighted by Gasteiger charge is -2.07. The van der Waals surface area contributed by atoms with Crippen molar-refractivity contribution in [1.29, 1.82) is 0 Å². The van der Waals surface area contributed by atoms with Gasteiger partial charge in [0, 0.05) is 4.88 Å². The molecule has 21 heavy (non-hydrogen) atoms. The molecule has 0 aliphatic carbocycles. The van der Waals surface area contributed by atoms with Gasteiger partial charge in [0.25, 0.3) is 5.91 Å². The van der Waals surface area contributed by atoms with Crippen molar-refractivity contribution in [3.63, 3.8) is 0 Å². The van der Waals surface area contributed by atoms with Crippen LogP contribution in [0.25, 0.3) is 0 Å². The number of carboxylic acids is 1. The molecule has 0 saturated carbocycles. The van der Waals surface area contributed by atoms with Gasteiger partial charge in [0.15, 0.2) is 6.61 Å². The molecule has 0 bridgehead atoms. The fraction of sp³-hybridized carbons (Fsp3) is 0.200. The molecular formula is C15H15NO4S. The fourth-order valence-electron chi connectivity index (χ4n) is 1.78. The van der Waals surface area contributed by atoms with E-state index in [1.165, 1.54) is 17.4 Å². The van der Waals surface area contributed by atoms with Crippen LogP contribution in [0, 0.1) is 13.8 Å². The van der Waals surface area contributed by atoms with Gasteiger partial charge in [-0.05, 0) is 37.6 Å². The van der Waals surface area contributed by atoms with Crippen LogP contribution >= 0.6 is 11.3 Å². The highest BCUT2D eigenvalue weighted by Crippen LogP contribution is 2.27. The largest absolute Gasteiger partial charge is 0.484 e. The molecule has 2 rings (SSSR count). The molecule has 0 radical (unpaired) electrons. The minimum atomic E-state index is -1.06. The molecule has 0 spiro atoms. The normalized spacial score (nSPS) is 10.2. The third-order valence-corrected chi connectivity index (χ3v) is 3.66. The third-order valence-electron chi connectivity index (χ3n) is 2.70. The fourth-order valence-corrected chi connectivity index (χ4v) is 2.70. The quantitative estimate of drug-likeness (QED) is 0.890. The first-order valence-electron chi connectivity index (χ1n) is 6.29. The zero-order valence-electron chi connectivity index (χ0n) is 11.7. The Balaban J connectivity index is 1.97. The monoisotopic (exact) mass is 305 g/mol. The molecule has 1 heterocycles. The van der Waals surface area contributed by atoms with Crippen LogP contribution in [0.15, 0.2) is 30.3 Å². The number of carboxylic acid groups (broad SMARTS) is 1. The summed E-state index contributed by atoms with van der Waals surface area (Å²) in [6.07, 6.45) is 0. The lowest BCUT2D eigenvalue weighted by molar-refractivity contribution is -0.118. The Labute approximate surface area is 126 Å². The number of amides is 1. The van der Waals surface area contributed by atoms with Crippen molar-refractivity contribution in [1.82, 2.24) is 0 Å². The average Bonchev–Trinajstić information content (AvgIpc) is 2.77. The van der Waals surface area contributed by atoms with Gasteiger partial charge in [-0.25, -0.2) is 4.79 Å². The molecule has 1 aromatic heterocycles. The number of carbonyl (C=O) groups is 2. The first-order valence-corrected chi connectivity index (χ1v) is 7.10. The summed E-state index contributed by atoms with van der Waals surface area (Å²) < 4.78 is 5.37. The Kier molecular flexibility index (Phi) is 4.59. The summed E-state index contributed by atoms with van der Waals surface area (Å²) in [4.78, 5) is 23.7. The van der Waals surface area contributed by atoms with Gasteiger partial charge in [-0.2, -0.15) is 0 Å². The van der Waals surface area contributed by atoms with E-state index in [-0.39, 0.29) is 18.1 Å². The molecular weight excluding hydrogens is 290 g/mol. The predicted molar refractivity (Wildman–Crippen MR) is 81.3 cm³/mol. The molecule has 0 aliphatic heterocycles. The topological polar surface area (TPSA) is 75.6 Å². The van der Waals surface area contributed by atoms with Crippen LogP contribution in [-0.4, -0.2) is 23.6 Å². The van der Waals surface area contributed by atoms with Crippen LogP contribution in [0.4, 0.5) is 5.00 Å². The first-order chi connectivity index (χ1) is 9.95. The van der Waals surface area contributed by atoms with E-state index in [0.717, 1.165) is 10.4 Å². The van der Waals surface area contributed by atoms with Gasteiger partial charge in [-0.1, -0.05) is 12.1 Å². The summed E-state index contributed by atoms with van der Waals surface area (Å²) in [5, 5.41) is 12.0. The Bertz CT molecular complexity index is 678. The van der Waals surface area contributed by atoms with Crippen LogP contribution in [0.5, 0.6) is 5.75 Å². The van der Waals surface area contributed by atoms with E-state index in [2.05, 4.69) is 5.32 Å². The van der Waals surface area contributed by atoms with Crippen molar-refractivity contribution < 1.29 is 19.4 Å². The predicted octanol–water partition coefficient (Wildman–Crippen LogP) is 3.08. The number of hydrogen-bond donors (Lipinski definition) is 2. The molecule has 0 unspecified atom stereocenters. The number of anilines is 1. The summed E-state index contributed by atoms with van der Waals surface area (Å²) in [6.45, 7) is 3.55. The molecule has 0 saturated heterocycles. The van der Waals surface area contributed by atoms with Gasteiger partial charge in [-0.15, -0.1) is 11.3 Å². The number of thiophene rings is 1. The lowest BCUT2D eigenvalue weighted by Crippen LogP contribution is -2.20. The number of benzene rings is 1. The van der Waals surface area contributed by atoms with Gasteiger partial charge in [0.1, 0.15) is 10.8 Å². The van der Waals surface area contributed by atoms with Gasteiger partial charge in [0.2, 0.25) is 0 Å². The minimum absolute atomic E-state index is 0.0985. The van der Waals surface area contributed by atoms with E-state index in [1.54, 1.807) is 13.0 Å². The average molecular weight is 305 g/mol. The molecule has 1 amide bonds. The number of ether oxygens (including phenoxy) is 1.